The molecule has 0 bridgehead atoms. The molecule has 0 aliphatic heterocycles. The van der Waals surface area contributed by atoms with Crippen LogP contribution in [0.1, 0.15) is 12.8 Å². The minimum absolute atomic E-state index is 1.64. The maximum Gasteiger partial charge on any atom is 0.337 e. The minimum atomic E-state index is -3.30. The Bertz CT molecular complexity index is 496. The van der Waals surface area contributed by atoms with E-state index in [1.807, 2.05) is 0 Å². The molecule has 22 heavy (non-hydrogen) atoms. The van der Waals surface area contributed by atoms with Gasteiger partial charge in [0.05, 0.1) is 12.8 Å². The molecule has 0 aromatic carbocycles. The van der Waals surface area contributed by atoms with Crippen molar-refractivity contribution in [3.8, 4) is 0 Å². The summed E-state index contributed by atoms with van der Waals surface area (Å²) in [5, 5.41) is 34.0. The second kappa shape index (κ2) is 7.26. The van der Waals surface area contributed by atoms with Gasteiger partial charge in [-0.05, 0) is 0 Å². The van der Waals surface area contributed by atoms with Crippen LogP contribution in [0.3, 0.4) is 0 Å². The maximum atomic E-state index is 11.0. The number of carbonyl (C=O) groups is 3. The lowest BCUT2D eigenvalue weighted by molar-refractivity contribution is -0.778. The molecule has 0 radical (unpaired) electrons. The molecule has 1 N–H and O–H groups in total. The molecule has 0 aromatic heterocycles. The predicted molar refractivity (Wildman–Crippen MR) is 53.9 cm³/mol. The Kier molecular flexibility index (Phi) is 6.08. The van der Waals surface area contributed by atoms with Gasteiger partial charge in [0.2, 0.25) is 5.60 Å². The first-order chi connectivity index (χ1) is 9.98. The van der Waals surface area contributed by atoms with Gasteiger partial charge < -0.3 is 5.11 Å². The van der Waals surface area contributed by atoms with Gasteiger partial charge in [0.15, 0.2) is 0 Å². The van der Waals surface area contributed by atoms with Crippen molar-refractivity contribution in [2.45, 2.75) is 18.4 Å². The Hall–Kier alpha value is -3.59. The van der Waals surface area contributed by atoms with Gasteiger partial charge in [-0.15, -0.1) is 30.3 Å². The molecule has 0 saturated heterocycles. The van der Waals surface area contributed by atoms with E-state index in [0.29, 0.717) is 0 Å². The smallest absolute Gasteiger partial charge is 0.337 e. The molecule has 0 atom stereocenters. The fraction of sp³-hybridized carbons (Fsp3) is 0.500. The zero-order chi connectivity index (χ0) is 17.5. The first-order valence-corrected chi connectivity index (χ1v) is 4.76. The number of hydrogen-bond acceptors (Lipinski definition) is 12. The van der Waals surface area contributed by atoms with Crippen molar-refractivity contribution < 1.29 is 49.3 Å². The summed E-state index contributed by atoms with van der Waals surface area (Å²) >= 11 is 0. The number of rotatable bonds is 9. The van der Waals surface area contributed by atoms with E-state index in [2.05, 4.69) is 14.5 Å². The summed E-state index contributed by atoms with van der Waals surface area (Å²) in [6.45, 7) is 0. The Morgan fingerprint density at radius 1 is 0.864 bits per heavy atom. The molecule has 0 spiro atoms. The van der Waals surface area contributed by atoms with E-state index in [1.165, 1.54) is 0 Å². The maximum absolute atomic E-state index is 11.0. The molecule has 0 aromatic rings. The number of aliphatic carboxylic acids is 1. The second-order valence-electron chi connectivity index (χ2n) is 3.34. The van der Waals surface area contributed by atoms with Crippen molar-refractivity contribution in [2.24, 2.45) is 0 Å². The quantitative estimate of drug-likeness (QED) is 0.366. The third kappa shape index (κ3) is 6.04. The molecule has 0 heterocycles. The molecule has 16 heteroatoms. The lowest BCUT2D eigenvalue weighted by Crippen LogP contribution is -2.47. The molecule has 0 amide bonds. The molecule has 0 fully saturated rings. The van der Waals surface area contributed by atoms with Crippen LogP contribution in [0.15, 0.2) is 0 Å². The molecule has 0 aliphatic carbocycles. The van der Waals surface area contributed by atoms with Crippen molar-refractivity contribution >= 4 is 17.9 Å². The second-order valence-corrected chi connectivity index (χ2v) is 3.34. The van der Waals surface area contributed by atoms with Crippen LogP contribution in [0.25, 0.3) is 0 Å². The van der Waals surface area contributed by atoms with Crippen LogP contribution in [0.5, 0.6) is 0 Å². The van der Waals surface area contributed by atoms with E-state index in [9.17, 15) is 44.7 Å². The summed E-state index contributed by atoms with van der Waals surface area (Å²) < 4.78 is 0. The number of nitrogens with zero attached hydrogens (tertiary/aromatic N) is 3. The van der Waals surface area contributed by atoms with Crippen LogP contribution in [-0.4, -0.2) is 43.9 Å². The first-order valence-electron chi connectivity index (χ1n) is 4.76. The average molecular weight is 327 g/mol. The van der Waals surface area contributed by atoms with Gasteiger partial charge in [-0.3, -0.25) is 14.4 Å². The van der Waals surface area contributed by atoms with Crippen molar-refractivity contribution in [2.75, 3.05) is 0 Å². The van der Waals surface area contributed by atoms with Crippen LogP contribution in [0, 0.1) is 30.3 Å². The number of hydrogen-bond donors (Lipinski definition) is 1. The number of carbonyl (C=O) groups excluding carboxylic acids is 2. The minimum Gasteiger partial charge on any atom is -0.479 e. The lowest BCUT2D eigenvalue weighted by atomic mass is 9.96. The van der Waals surface area contributed by atoms with Crippen LogP contribution >= 0.6 is 0 Å². The molecule has 0 rings (SSSR count). The highest BCUT2D eigenvalue weighted by molar-refractivity contribution is 5.88. The third-order valence-electron chi connectivity index (χ3n) is 1.85. The molecular weight excluding hydrogens is 322 g/mol. The fourth-order valence-corrected chi connectivity index (χ4v) is 1.16. The number of carboxylic acids is 1. The molecule has 0 aliphatic rings. The number of carboxylic acid groups (broad SMARTS) is 1. The first kappa shape index (κ1) is 18.4. The van der Waals surface area contributed by atoms with Crippen LogP contribution in [0.2, 0.25) is 0 Å². The van der Waals surface area contributed by atoms with Crippen LogP contribution in [0.4, 0.5) is 0 Å². The molecule has 0 unspecified atom stereocenters. The fourth-order valence-electron chi connectivity index (χ4n) is 1.16. The third-order valence-corrected chi connectivity index (χ3v) is 1.85. The van der Waals surface area contributed by atoms with E-state index in [4.69, 9.17) is 5.11 Å². The SMILES string of the molecule is O=C(CC(CC(=O)O[N+](=O)[O-])(O[N+](=O)[O-])C(=O)O)O[N+](=O)[O-]. The molecule has 0 saturated carbocycles. The predicted octanol–water partition coefficient (Wildman–Crippen LogP) is -1.73. The summed E-state index contributed by atoms with van der Waals surface area (Å²) in [6, 6.07) is 0. The summed E-state index contributed by atoms with van der Waals surface area (Å²) in [5.74, 6) is -6.11. The topological polar surface area (TPSA) is 229 Å². The Morgan fingerprint density at radius 2 is 1.23 bits per heavy atom. The van der Waals surface area contributed by atoms with Crippen molar-refractivity contribution in [3.05, 3.63) is 30.3 Å². The van der Waals surface area contributed by atoms with Gasteiger partial charge in [-0.1, -0.05) is 0 Å². The van der Waals surface area contributed by atoms with E-state index in [1.54, 1.807) is 0 Å². The highest BCUT2D eigenvalue weighted by atomic mass is 17.0. The Balaban J connectivity index is 5.41. The summed E-state index contributed by atoms with van der Waals surface area (Å²) in [7, 11) is 0. The van der Waals surface area contributed by atoms with Gasteiger partial charge >= 0.3 is 28.1 Å². The summed E-state index contributed by atoms with van der Waals surface area (Å²) in [4.78, 5) is 73.5. The van der Waals surface area contributed by atoms with E-state index in [0.717, 1.165) is 0 Å². The van der Waals surface area contributed by atoms with Gasteiger partial charge in [-0.2, -0.15) is 0 Å². The van der Waals surface area contributed by atoms with E-state index >= 15 is 0 Å². The van der Waals surface area contributed by atoms with Crippen molar-refractivity contribution in [3.63, 3.8) is 0 Å². The van der Waals surface area contributed by atoms with Gasteiger partial charge in [-0.25, -0.2) is 14.5 Å². The van der Waals surface area contributed by atoms with Crippen LogP contribution < -0.4 is 0 Å². The molecular formula is C6H5N3O13. The highest BCUT2D eigenvalue weighted by Crippen LogP contribution is 2.23. The van der Waals surface area contributed by atoms with Gasteiger partial charge in [0.25, 0.3) is 5.09 Å². The Labute approximate surface area is 117 Å². The summed E-state index contributed by atoms with van der Waals surface area (Å²) in [5.41, 5.74) is -3.30. The zero-order valence-corrected chi connectivity index (χ0v) is 10.1. The van der Waals surface area contributed by atoms with E-state index in [-0.39, 0.29) is 0 Å². The molecule has 122 valence electrons. The van der Waals surface area contributed by atoms with Crippen LogP contribution in [-0.2, 0) is 28.9 Å². The lowest BCUT2D eigenvalue weighted by Gasteiger charge is -2.24. The summed E-state index contributed by atoms with van der Waals surface area (Å²) in [6.07, 6.45) is -3.34. The average Bonchev–Trinajstić information content (AvgIpc) is 2.23. The van der Waals surface area contributed by atoms with E-state index < -0.39 is 51.6 Å². The monoisotopic (exact) mass is 327 g/mol. The van der Waals surface area contributed by atoms with Gasteiger partial charge in [0.1, 0.15) is 0 Å². The zero-order valence-electron chi connectivity index (χ0n) is 10.1. The van der Waals surface area contributed by atoms with Crippen molar-refractivity contribution in [1.82, 2.24) is 0 Å². The standard InChI is InChI=1S/C6H5N3O13/c10-3(20-7(14)15)1-6(5(12)13,22-9(18)19)2-4(11)21-8(16)17/h1-2H2,(H,12,13). The normalized spacial score (nSPS) is 10.2. The Morgan fingerprint density at radius 3 is 1.45 bits per heavy atom. The van der Waals surface area contributed by atoms with Gasteiger partial charge in [0, 0.05) is 0 Å². The molecule has 16 nitrogen and oxygen atoms in total. The van der Waals surface area contributed by atoms with Crippen molar-refractivity contribution in [1.29, 1.82) is 0 Å². The largest absolute Gasteiger partial charge is 0.479 e. The highest BCUT2D eigenvalue weighted by Gasteiger charge is 2.48.